The Hall–Kier alpha value is -1.82. The smallest absolute Gasteiger partial charge is 0.305 e. The van der Waals surface area contributed by atoms with Crippen LogP contribution in [0.3, 0.4) is 0 Å². The van der Waals surface area contributed by atoms with Crippen molar-refractivity contribution >= 4 is 28.9 Å². The normalized spacial score (nSPS) is 16.5. The molecule has 0 saturated heterocycles. The Kier molecular flexibility index (Phi) is 3.61. The van der Waals surface area contributed by atoms with E-state index in [1.807, 2.05) is 0 Å². The SMILES string of the molecule is O=C(O)CC1(Nc2cc(Cl)ccc2[N+](=O)[O-])CCC1. The fraction of sp³-hybridized carbons (Fsp3) is 0.417. The van der Waals surface area contributed by atoms with Crippen molar-refractivity contribution in [3.63, 3.8) is 0 Å². The van der Waals surface area contributed by atoms with Crippen molar-refractivity contribution in [1.29, 1.82) is 0 Å². The quantitative estimate of drug-likeness (QED) is 0.640. The molecule has 0 bridgehead atoms. The number of halogens is 1. The Balaban J connectivity index is 2.28. The number of hydrogen-bond donors (Lipinski definition) is 2. The molecule has 1 aliphatic rings. The maximum absolute atomic E-state index is 11.0. The van der Waals surface area contributed by atoms with Crippen molar-refractivity contribution in [2.75, 3.05) is 5.32 Å². The molecule has 1 saturated carbocycles. The van der Waals surface area contributed by atoms with E-state index in [-0.39, 0.29) is 17.8 Å². The fourth-order valence-corrected chi connectivity index (χ4v) is 2.46. The summed E-state index contributed by atoms with van der Waals surface area (Å²) in [6.45, 7) is 0. The van der Waals surface area contributed by atoms with Gasteiger partial charge in [-0.15, -0.1) is 0 Å². The summed E-state index contributed by atoms with van der Waals surface area (Å²) >= 11 is 5.84. The third-order valence-electron chi connectivity index (χ3n) is 3.36. The number of nitro benzene ring substituents is 1. The van der Waals surface area contributed by atoms with Gasteiger partial charge >= 0.3 is 5.97 Å². The lowest BCUT2D eigenvalue weighted by Gasteiger charge is -2.42. The van der Waals surface area contributed by atoms with Crippen molar-refractivity contribution in [3.05, 3.63) is 33.3 Å². The largest absolute Gasteiger partial charge is 0.481 e. The molecule has 2 rings (SSSR count). The summed E-state index contributed by atoms with van der Waals surface area (Å²) in [5, 5.41) is 23.3. The van der Waals surface area contributed by atoms with E-state index >= 15 is 0 Å². The van der Waals surface area contributed by atoms with Crippen LogP contribution in [-0.2, 0) is 4.79 Å². The van der Waals surface area contributed by atoms with Gasteiger partial charge in [0, 0.05) is 16.6 Å². The minimum absolute atomic E-state index is 0.0589. The minimum atomic E-state index is -0.920. The summed E-state index contributed by atoms with van der Waals surface area (Å²) in [6, 6.07) is 4.22. The standard InChI is InChI=1S/C12H13ClN2O4/c13-8-2-3-10(15(18)19)9(6-8)14-12(4-1-5-12)7-11(16)17/h2-3,6,14H,1,4-5,7H2,(H,16,17). The first-order valence-electron chi connectivity index (χ1n) is 5.86. The van der Waals surface area contributed by atoms with Crippen LogP contribution in [0, 0.1) is 10.1 Å². The van der Waals surface area contributed by atoms with Crippen LogP contribution in [-0.4, -0.2) is 21.5 Å². The highest BCUT2D eigenvalue weighted by atomic mass is 35.5. The number of carbonyl (C=O) groups is 1. The summed E-state index contributed by atoms with van der Waals surface area (Å²) in [6.07, 6.45) is 2.22. The molecule has 1 aromatic rings. The first kappa shape index (κ1) is 13.6. The zero-order valence-electron chi connectivity index (χ0n) is 10.1. The number of nitrogens with one attached hydrogen (secondary N) is 1. The number of carboxylic acid groups (broad SMARTS) is 1. The summed E-state index contributed by atoms with van der Waals surface area (Å²) in [7, 11) is 0. The van der Waals surface area contributed by atoms with E-state index in [0.717, 1.165) is 6.42 Å². The van der Waals surface area contributed by atoms with Gasteiger partial charge in [-0.1, -0.05) is 11.6 Å². The van der Waals surface area contributed by atoms with Gasteiger partial charge in [0.1, 0.15) is 5.69 Å². The molecule has 102 valence electrons. The van der Waals surface area contributed by atoms with E-state index < -0.39 is 16.4 Å². The zero-order chi connectivity index (χ0) is 14.0. The van der Waals surface area contributed by atoms with Gasteiger partial charge in [-0.3, -0.25) is 14.9 Å². The van der Waals surface area contributed by atoms with Gasteiger partial charge in [-0.05, 0) is 31.4 Å². The van der Waals surface area contributed by atoms with Crippen LogP contribution in [0.4, 0.5) is 11.4 Å². The molecule has 0 radical (unpaired) electrons. The molecule has 0 spiro atoms. The van der Waals surface area contributed by atoms with Crippen LogP contribution in [0.2, 0.25) is 5.02 Å². The predicted octanol–water partition coefficient (Wildman–Crippen LogP) is 3.06. The average molecular weight is 285 g/mol. The molecular weight excluding hydrogens is 272 g/mol. The van der Waals surface area contributed by atoms with E-state index in [1.54, 1.807) is 0 Å². The summed E-state index contributed by atoms with van der Waals surface area (Å²) < 4.78 is 0. The average Bonchev–Trinajstić information content (AvgIpc) is 2.25. The number of carboxylic acids is 1. The van der Waals surface area contributed by atoms with Gasteiger partial charge in [0.2, 0.25) is 0 Å². The Labute approximate surface area is 114 Å². The zero-order valence-corrected chi connectivity index (χ0v) is 10.8. The molecule has 0 atom stereocenters. The number of hydrogen-bond acceptors (Lipinski definition) is 4. The van der Waals surface area contributed by atoms with Crippen molar-refractivity contribution in [1.82, 2.24) is 0 Å². The second-order valence-corrected chi connectivity index (χ2v) is 5.18. The summed E-state index contributed by atoms with van der Waals surface area (Å²) in [5.41, 5.74) is -0.416. The molecule has 2 N–H and O–H groups in total. The third-order valence-corrected chi connectivity index (χ3v) is 3.59. The van der Waals surface area contributed by atoms with E-state index in [1.165, 1.54) is 18.2 Å². The molecule has 1 fully saturated rings. The second-order valence-electron chi connectivity index (χ2n) is 4.75. The molecular formula is C12H13ClN2O4. The van der Waals surface area contributed by atoms with Gasteiger partial charge in [-0.25, -0.2) is 0 Å². The van der Waals surface area contributed by atoms with Crippen molar-refractivity contribution in [2.45, 2.75) is 31.2 Å². The van der Waals surface area contributed by atoms with Crippen LogP contribution in [0.5, 0.6) is 0 Å². The number of benzene rings is 1. The number of aliphatic carboxylic acids is 1. The van der Waals surface area contributed by atoms with E-state index in [2.05, 4.69) is 5.32 Å². The van der Waals surface area contributed by atoms with E-state index in [4.69, 9.17) is 16.7 Å². The third kappa shape index (κ3) is 2.96. The predicted molar refractivity (Wildman–Crippen MR) is 70.6 cm³/mol. The first-order chi connectivity index (χ1) is 8.92. The molecule has 0 amide bonds. The molecule has 0 aliphatic heterocycles. The maximum Gasteiger partial charge on any atom is 0.305 e. The lowest BCUT2D eigenvalue weighted by atomic mass is 9.74. The van der Waals surface area contributed by atoms with Gasteiger partial charge in [-0.2, -0.15) is 0 Å². The highest BCUT2D eigenvalue weighted by Gasteiger charge is 2.40. The fourth-order valence-electron chi connectivity index (χ4n) is 2.29. The molecule has 7 heteroatoms. The Bertz CT molecular complexity index is 528. The second kappa shape index (κ2) is 5.05. The molecule has 0 unspecified atom stereocenters. The topological polar surface area (TPSA) is 92.5 Å². The Morgan fingerprint density at radius 1 is 1.53 bits per heavy atom. The van der Waals surface area contributed by atoms with E-state index in [0.29, 0.717) is 17.9 Å². The molecule has 19 heavy (non-hydrogen) atoms. The highest BCUT2D eigenvalue weighted by Crippen LogP contribution is 2.40. The number of rotatable bonds is 5. The Morgan fingerprint density at radius 3 is 2.68 bits per heavy atom. The van der Waals surface area contributed by atoms with Crippen molar-refractivity contribution in [2.24, 2.45) is 0 Å². The highest BCUT2D eigenvalue weighted by molar-refractivity contribution is 6.31. The lowest BCUT2D eigenvalue weighted by molar-refractivity contribution is -0.384. The van der Waals surface area contributed by atoms with Gasteiger partial charge in [0.15, 0.2) is 0 Å². The van der Waals surface area contributed by atoms with Crippen molar-refractivity contribution < 1.29 is 14.8 Å². The van der Waals surface area contributed by atoms with Gasteiger partial charge in [0.05, 0.1) is 11.3 Å². The van der Waals surface area contributed by atoms with Crippen LogP contribution >= 0.6 is 11.6 Å². The summed E-state index contributed by atoms with van der Waals surface area (Å²) in [5.74, 6) is -0.920. The number of nitro groups is 1. The molecule has 1 aromatic carbocycles. The monoisotopic (exact) mass is 284 g/mol. The Morgan fingerprint density at radius 2 is 2.21 bits per heavy atom. The minimum Gasteiger partial charge on any atom is -0.481 e. The molecule has 0 aromatic heterocycles. The van der Waals surface area contributed by atoms with E-state index in [9.17, 15) is 14.9 Å². The first-order valence-corrected chi connectivity index (χ1v) is 6.24. The lowest BCUT2D eigenvalue weighted by Crippen LogP contribution is -2.46. The number of nitrogens with zero attached hydrogens (tertiary/aromatic N) is 1. The maximum atomic E-state index is 11.0. The summed E-state index contributed by atoms with van der Waals surface area (Å²) in [4.78, 5) is 21.3. The van der Waals surface area contributed by atoms with Gasteiger partial charge < -0.3 is 10.4 Å². The molecule has 6 nitrogen and oxygen atoms in total. The van der Waals surface area contributed by atoms with Crippen LogP contribution < -0.4 is 5.32 Å². The van der Waals surface area contributed by atoms with Crippen LogP contribution in [0.15, 0.2) is 18.2 Å². The van der Waals surface area contributed by atoms with Crippen LogP contribution in [0.25, 0.3) is 0 Å². The number of anilines is 1. The molecule has 0 heterocycles. The van der Waals surface area contributed by atoms with Gasteiger partial charge in [0.25, 0.3) is 5.69 Å². The van der Waals surface area contributed by atoms with Crippen molar-refractivity contribution in [3.8, 4) is 0 Å². The molecule has 1 aliphatic carbocycles. The van der Waals surface area contributed by atoms with Crippen LogP contribution in [0.1, 0.15) is 25.7 Å².